The third-order valence-corrected chi connectivity index (χ3v) is 1.73. The van der Waals surface area contributed by atoms with Crippen LogP contribution >= 0.6 is 0 Å². The highest BCUT2D eigenvalue weighted by atomic mass is 32.3. The molecule has 82 valence electrons. The summed E-state index contributed by atoms with van der Waals surface area (Å²) in [6.45, 7) is 0. The highest BCUT2D eigenvalue weighted by Gasteiger charge is 2.13. The number of aromatic hydroxyl groups is 1. The number of nitrogens with zero attached hydrogens (tertiary/aromatic N) is 1. The Morgan fingerprint density at radius 3 is 2.47 bits per heavy atom. The van der Waals surface area contributed by atoms with Crippen molar-refractivity contribution in [1.29, 1.82) is 0 Å². The second-order valence-corrected chi connectivity index (χ2v) is 3.38. The van der Waals surface area contributed by atoms with Crippen LogP contribution in [0.3, 0.4) is 0 Å². The lowest BCUT2D eigenvalue weighted by atomic mass is 10.3. The minimum Gasteiger partial charge on any atom is -0.716 e. The summed E-state index contributed by atoms with van der Waals surface area (Å²) in [6, 6.07) is 2.41. The molecule has 1 rings (SSSR count). The van der Waals surface area contributed by atoms with Crippen molar-refractivity contribution < 1.29 is 27.2 Å². The molecule has 0 atom stereocenters. The molecule has 0 bridgehead atoms. The van der Waals surface area contributed by atoms with Gasteiger partial charge in [-0.25, -0.2) is 8.42 Å². The van der Waals surface area contributed by atoms with Crippen molar-refractivity contribution in [3.63, 3.8) is 0 Å². The number of phenolic OH excluding ortho intramolecular Hbond substituents is 1. The van der Waals surface area contributed by atoms with Crippen molar-refractivity contribution in [2.45, 2.75) is 0 Å². The minimum absolute atomic E-state index is 0.508. The Balaban J connectivity index is 3.17. The first-order chi connectivity index (χ1) is 6.79. The van der Waals surface area contributed by atoms with Gasteiger partial charge in [0.05, 0.1) is 11.0 Å². The van der Waals surface area contributed by atoms with Crippen molar-refractivity contribution >= 4 is 16.1 Å². The van der Waals surface area contributed by atoms with Crippen molar-refractivity contribution in [3.8, 4) is 11.5 Å². The summed E-state index contributed by atoms with van der Waals surface area (Å²) >= 11 is 0. The molecule has 0 aromatic heterocycles. The van der Waals surface area contributed by atoms with Crippen LogP contribution in [-0.2, 0) is 10.4 Å². The number of hydrogen-bond acceptors (Lipinski definition) is 7. The lowest BCUT2D eigenvalue weighted by molar-refractivity contribution is -0.384. The van der Waals surface area contributed by atoms with Crippen LogP contribution < -0.4 is 4.18 Å². The average molecular weight is 234 g/mol. The summed E-state index contributed by atoms with van der Waals surface area (Å²) in [4.78, 5) is 9.44. The van der Waals surface area contributed by atoms with Gasteiger partial charge in [-0.1, -0.05) is 0 Å². The molecule has 0 fully saturated rings. The molecule has 0 heterocycles. The zero-order chi connectivity index (χ0) is 11.6. The fourth-order valence-corrected chi connectivity index (χ4v) is 1.15. The van der Waals surface area contributed by atoms with E-state index < -0.39 is 32.5 Å². The molecule has 0 saturated heterocycles. The van der Waals surface area contributed by atoms with Crippen molar-refractivity contribution in [2.75, 3.05) is 0 Å². The highest BCUT2D eigenvalue weighted by molar-refractivity contribution is 7.81. The second-order valence-electron chi connectivity index (χ2n) is 2.40. The van der Waals surface area contributed by atoms with Gasteiger partial charge in [-0.3, -0.25) is 10.1 Å². The van der Waals surface area contributed by atoms with E-state index in [1.54, 1.807) is 0 Å². The number of nitro benzene ring substituents is 1. The lowest BCUT2D eigenvalue weighted by Crippen LogP contribution is -2.07. The van der Waals surface area contributed by atoms with Gasteiger partial charge in [0.15, 0.2) is 11.5 Å². The molecule has 0 aliphatic rings. The van der Waals surface area contributed by atoms with Gasteiger partial charge < -0.3 is 13.8 Å². The lowest BCUT2D eigenvalue weighted by Gasteiger charge is -2.09. The van der Waals surface area contributed by atoms with Gasteiger partial charge in [-0.15, -0.1) is 0 Å². The quantitative estimate of drug-likeness (QED) is 0.340. The molecule has 0 aliphatic heterocycles. The number of non-ortho nitro benzene ring substituents is 1. The zero-order valence-corrected chi connectivity index (χ0v) is 7.80. The van der Waals surface area contributed by atoms with E-state index in [1.807, 2.05) is 0 Å². The fraction of sp³-hybridized carbons (Fsp3) is 0. The van der Waals surface area contributed by atoms with Crippen molar-refractivity contribution in [2.24, 2.45) is 0 Å². The topological polar surface area (TPSA) is 130 Å². The molecule has 0 spiro atoms. The second kappa shape index (κ2) is 3.71. The van der Waals surface area contributed by atoms with Gasteiger partial charge >= 0.3 is 0 Å². The maximum absolute atomic E-state index is 10.3. The molecular formula is C6H4NO7S-. The summed E-state index contributed by atoms with van der Waals surface area (Å²) < 4.78 is 34.3. The Bertz CT molecular complexity index is 494. The molecule has 1 aromatic carbocycles. The third-order valence-electron chi connectivity index (χ3n) is 1.35. The first kappa shape index (κ1) is 11.2. The number of phenols is 1. The van der Waals surface area contributed by atoms with Crippen LogP contribution in [-0.4, -0.2) is 23.0 Å². The third kappa shape index (κ3) is 3.07. The van der Waals surface area contributed by atoms with E-state index in [9.17, 15) is 23.1 Å². The summed E-state index contributed by atoms with van der Waals surface area (Å²) in [6.07, 6.45) is 0. The molecule has 0 aliphatic carbocycles. The largest absolute Gasteiger partial charge is 0.716 e. The fourth-order valence-electron chi connectivity index (χ4n) is 0.793. The molecule has 0 radical (unpaired) electrons. The monoisotopic (exact) mass is 234 g/mol. The number of benzene rings is 1. The van der Waals surface area contributed by atoms with Gasteiger partial charge in [0.25, 0.3) is 16.1 Å². The summed E-state index contributed by atoms with van der Waals surface area (Å²) in [5.41, 5.74) is -0.508. The van der Waals surface area contributed by atoms with E-state index in [2.05, 4.69) is 4.18 Å². The van der Waals surface area contributed by atoms with Gasteiger partial charge in [0.2, 0.25) is 0 Å². The van der Waals surface area contributed by atoms with Gasteiger partial charge in [-0.05, 0) is 6.07 Å². The van der Waals surface area contributed by atoms with Crippen LogP contribution in [0.2, 0.25) is 0 Å². The Hall–Kier alpha value is -1.87. The van der Waals surface area contributed by atoms with Crippen LogP contribution in [0.15, 0.2) is 18.2 Å². The first-order valence-electron chi connectivity index (χ1n) is 3.42. The Morgan fingerprint density at radius 1 is 1.40 bits per heavy atom. The molecule has 0 saturated carbocycles. The standard InChI is InChI=1S/C6H5NO7S/c8-5-2-1-4(7(9)10)3-6(5)14-15(11,12)13/h1-3,8H,(H,11,12,13)/p-1. The molecule has 9 heteroatoms. The molecule has 1 N–H and O–H groups in total. The van der Waals surface area contributed by atoms with E-state index >= 15 is 0 Å². The van der Waals surface area contributed by atoms with E-state index in [-0.39, 0.29) is 0 Å². The van der Waals surface area contributed by atoms with Crippen LogP contribution in [0.4, 0.5) is 5.69 Å². The Kier molecular flexibility index (Phi) is 2.77. The van der Waals surface area contributed by atoms with Crippen LogP contribution in [0.25, 0.3) is 0 Å². The molecule has 0 unspecified atom stereocenters. The van der Waals surface area contributed by atoms with E-state index in [0.717, 1.165) is 12.1 Å². The maximum atomic E-state index is 10.3. The molecule has 15 heavy (non-hydrogen) atoms. The van der Waals surface area contributed by atoms with Gasteiger partial charge in [0.1, 0.15) is 0 Å². The molecule has 8 nitrogen and oxygen atoms in total. The number of nitro groups is 1. The predicted octanol–water partition coefficient (Wildman–Crippen LogP) is 0.139. The molecule has 0 amide bonds. The van der Waals surface area contributed by atoms with E-state index in [1.165, 1.54) is 0 Å². The Labute approximate surface area is 83.8 Å². The van der Waals surface area contributed by atoms with Crippen LogP contribution in [0.1, 0.15) is 0 Å². The van der Waals surface area contributed by atoms with E-state index in [4.69, 9.17) is 5.11 Å². The van der Waals surface area contributed by atoms with Crippen molar-refractivity contribution in [3.05, 3.63) is 28.3 Å². The van der Waals surface area contributed by atoms with Gasteiger partial charge in [0, 0.05) is 6.07 Å². The number of rotatable bonds is 3. The summed E-state index contributed by atoms with van der Waals surface area (Å²) in [5, 5.41) is 19.3. The highest BCUT2D eigenvalue weighted by Crippen LogP contribution is 2.30. The zero-order valence-electron chi connectivity index (χ0n) is 6.98. The minimum atomic E-state index is -5.07. The van der Waals surface area contributed by atoms with Gasteiger partial charge in [-0.2, -0.15) is 0 Å². The van der Waals surface area contributed by atoms with Crippen LogP contribution in [0, 0.1) is 10.1 Å². The normalized spacial score (nSPS) is 11.0. The molecule has 1 aromatic rings. The maximum Gasteiger partial charge on any atom is 0.273 e. The Morgan fingerprint density at radius 2 is 2.00 bits per heavy atom. The van der Waals surface area contributed by atoms with Crippen LogP contribution in [0.5, 0.6) is 11.5 Å². The van der Waals surface area contributed by atoms with E-state index in [0.29, 0.717) is 6.07 Å². The summed E-state index contributed by atoms with van der Waals surface area (Å²) in [5.74, 6) is -1.46. The first-order valence-corrected chi connectivity index (χ1v) is 4.75. The molecular weight excluding hydrogens is 230 g/mol. The smallest absolute Gasteiger partial charge is 0.273 e. The van der Waals surface area contributed by atoms with Crippen molar-refractivity contribution in [1.82, 2.24) is 0 Å². The SMILES string of the molecule is O=[N+]([O-])c1ccc(O)c(OS(=O)(=O)[O-])c1. The summed E-state index contributed by atoms with van der Waals surface area (Å²) in [7, 11) is -5.07. The average Bonchev–Trinajstić information content (AvgIpc) is 2.06. The predicted molar refractivity (Wildman–Crippen MR) is 45.1 cm³/mol. The number of hydrogen-bond donors (Lipinski definition) is 1.